The molecule has 0 aliphatic heterocycles. The molecule has 0 saturated heterocycles. The maximum atomic E-state index is 11.9. The molecule has 0 radical (unpaired) electrons. The SMILES string of the molecule is CCCCCC(O)/C=C/C1C=CC(=O)/C1=C\C#CCCCC(=O)O. The van der Waals surface area contributed by atoms with Crippen molar-refractivity contribution in [1.29, 1.82) is 0 Å². The summed E-state index contributed by atoms with van der Waals surface area (Å²) in [6.45, 7) is 2.12. The Bertz CT molecular complexity index is 572. The summed E-state index contributed by atoms with van der Waals surface area (Å²) in [7, 11) is 0. The molecule has 1 aliphatic carbocycles. The van der Waals surface area contributed by atoms with Crippen LogP contribution in [0.4, 0.5) is 0 Å². The van der Waals surface area contributed by atoms with E-state index in [0.29, 0.717) is 18.4 Å². The van der Waals surface area contributed by atoms with Gasteiger partial charge in [0.2, 0.25) is 0 Å². The second-order valence-corrected chi connectivity index (χ2v) is 5.87. The number of ketones is 1. The number of unbranched alkanes of at least 4 members (excludes halogenated alkanes) is 3. The fourth-order valence-corrected chi connectivity index (χ4v) is 2.37. The lowest BCUT2D eigenvalue weighted by atomic mass is 9.99. The fourth-order valence-electron chi connectivity index (χ4n) is 2.37. The molecule has 0 aromatic carbocycles. The Balaban J connectivity index is 2.53. The van der Waals surface area contributed by atoms with Crippen molar-refractivity contribution in [3.8, 4) is 11.8 Å². The van der Waals surface area contributed by atoms with Gasteiger partial charge >= 0.3 is 5.97 Å². The summed E-state index contributed by atoms with van der Waals surface area (Å²) in [5.74, 6) is 4.66. The Hall–Kier alpha value is -2.12. The highest BCUT2D eigenvalue weighted by Gasteiger charge is 2.20. The predicted molar refractivity (Wildman–Crippen MR) is 94.3 cm³/mol. The highest BCUT2D eigenvalue weighted by atomic mass is 16.4. The minimum absolute atomic E-state index is 0.0649. The van der Waals surface area contributed by atoms with Crippen molar-refractivity contribution in [1.82, 2.24) is 0 Å². The van der Waals surface area contributed by atoms with Crippen LogP contribution >= 0.6 is 0 Å². The van der Waals surface area contributed by atoms with Crippen molar-refractivity contribution in [2.75, 3.05) is 0 Å². The van der Waals surface area contributed by atoms with Gasteiger partial charge in [-0.2, -0.15) is 0 Å². The maximum absolute atomic E-state index is 11.9. The zero-order valence-corrected chi connectivity index (χ0v) is 14.2. The molecule has 0 fully saturated rings. The van der Waals surface area contributed by atoms with Crippen LogP contribution in [0.15, 0.2) is 36.0 Å². The first kappa shape index (κ1) is 19.9. The van der Waals surface area contributed by atoms with Gasteiger partial charge < -0.3 is 10.2 Å². The predicted octanol–water partition coefficient (Wildman–Crippen LogP) is 3.42. The molecule has 2 unspecified atom stereocenters. The normalized spacial score (nSPS) is 19.7. The highest BCUT2D eigenvalue weighted by Crippen LogP contribution is 2.23. The third kappa shape index (κ3) is 7.94. The van der Waals surface area contributed by atoms with Crippen LogP contribution < -0.4 is 0 Å². The molecule has 1 aliphatic rings. The van der Waals surface area contributed by atoms with Gasteiger partial charge in [0.1, 0.15) is 0 Å². The van der Waals surface area contributed by atoms with E-state index in [1.54, 1.807) is 18.2 Å². The van der Waals surface area contributed by atoms with Crippen LogP contribution in [0.25, 0.3) is 0 Å². The number of hydrogen-bond acceptors (Lipinski definition) is 3. The fraction of sp³-hybridized carbons (Fsp3) is 0.500. The lowest BCUT2D eigenvalue weighted by molar-refractivity contribution is -0.137. The van der Waals surface area contributed by atoms with E-state index in [1.165, 1.54) is 6.08 Å². The summed E-state index contributed by atoms with van der Waals surface area (Å²) in [6.07, 6.45) is 13.1. The smallest absolute Gasteiger partial charge is 0.303 e. The van der Waals surface area contributed by atoms with E-state index in [4.69, 9.17) is 5.11 Å². The zero-order valence-electron chi connectivity index (χ0n) is 14.2. The van der Waals surface area contributed by atoms with Crippen molar-refractivity contribution in [3.05, 3.63) is 36.0 Å². The summed E-state index contributed by atoms with van der Waals surface area (Å²) in [5, 5.41) is 18.5. The molecule has 2 atom stereocenters. The van der Waals surface area contributed by atoms with Crippen LogP contribution in [-0.4, -0.2) is 28.1 Å². The third-order valence-corrected chi connectivity index (χ3v) is 3.76. The first-order valence-corrected chi connectivity index (χ1v) is 8.53. The molecule has 0 bridgehead atoms. The van der Waals surface area contributed by atoms with Crippen LogP contribution in [-0.2, 0) is 9.59 Å². The largest absolute Gasteiger partial charge is 0.481 e. The van der Waals surface area contributed by atoms with Gasteiger partial charge in [-0.3, -0.25) is 9.59 Å². The van der Waals surface area contributed by atoms with E-state index in [0.717, 1.165) is 25.7 Å². The molecule has 0 saturated carbocycles. The number of hydrogen-bond donors (Lipinski definition) is 2. The van der Waals surface area contributed by atoms with E-state index >= 15 is 0 Å². The van der Waals surface area contributed by atoms with E-state index < -0.39 is 12.1 Å². The molecule has 0 aromatic heterocycles. The second-order valence-electron chi connectivity index (χ2n) is 5.87. The van der Waals surface area contributed by atoms with Crippen LogP contribution in [0.1, 0.15) is 51.9 Å². The monoisotopic (exact) mass is 330 g/mol. The number of carbonyl (C=O) groups is 2. The number of aliphatic hydroxyl groups excluding tert-OH is 1. The van der Waals surface area contributed by atoms with E-state index in [9.17, 15) is 14.7 Å². The highest BCUT2D eigenvalue weighted by molar-refractivity contribution is 6.07. The second kappa shape index (κ2) is 11.4. The molecule has 4 heteroatoms. The van der Waals surface area contributed by atoms with Gasteiger partial charge in [0.15, 0.2) is 5.78 Å². The Morgan fingerprint density at radius 1 is 1.38 bits per heavy atom. The maximum Gasteiger partial charge on any atom is 0.303 e. The average molecular weight is 330 g/mol. The topological polar surface area (TPSA) is 74.6 Å². The summed E-state index contributed by atoms with van der Waals surface area (Å²) in [5.41, 5.74) is 0.595. The molecular formula is C20H26O4. The van der Waals surface area contributed by atoms with E-state index in [2.05, 4.69) is 18.8 Å². The van der Waals surface area contributed by atoms with Crippen molar-refractivity contribution in [2.45, 2.75) is 58.0 Å². The number of aliphatic hydroxyl groups is 1. The van der Waals surface area contributed by atoms with Crippen molar-refractivity contribution < 1.29 is 19.8 Å². The number of rotatable bonds is 9. The summed E-state index contributed by atoms with van der Waals surface area (Å²) >= 11 is 0. The molecule has 2 N–H and O–H groups in total. The quantitative estimate of drug-likeness (QED) is 0.294. The summed E-state index contributed by atoms with van der Waals surface area (Å²) in [4.78, 5) is 22.2. The Morgan fingerprint density at radius 3 is 2.88 bits per heavy atom. The third-order valence-electron chi connectivity index (χ3n) is 3.76. The first-order valence-electron chi connectivity index (χ1n) is 8.53. The number of aliphatic carboxylic acids is 1. The van der Waals surface area contributed by atoms with Crippen molar-refractivity contribution >= 4 is 11.8 Å². The van der Waals surface area contributed by atoms with E-state index in [-0.39, 0.29) is 18.1 Å². The molecular weight excluding hydrogens is 304 g/mol. The van der Waals surface area contributed by atoms with Crippen LogP contribution in [0.2, 0.25) is 0 Å². The van der Waals surface area contributed by atoms with Crippen LogP contribution in [0.5, 0.6) is 0 Å². The average Bonchev–Trinajstić information content (AvgIpc) is 2.89. The molecule has 0 amide bonds. The Kier molecular flexibility index (Phi) is 9.48. The first-order chi connectivity index (χ1) is 11.5. The number of carboxylic acids is 1. The van der Waals surface area contributed by atoms with Gasteiger partial charge in [-0.05, 0) is 25.0 Å². The number of carboxylic acid groups (broad SMARTS) is 1. The lowest BCUT2D eigenvalue weighted by Gasteiger charge is -2.07. The Morgan fingerprint density at radius 2 is 2.17 bits per heavy atom. The molecule has 130 valence electrons. The van der Waals surface area contributed by atoms with Gasteiger partial charge in [0.25, 0.3) is 0 Å². The standard InChI is InChI=1S/C20H26O4/c1-2-3-6-9-17(21)14-12-16-13-15-19(22)18(16)10-7-4-5-8-11-20(23)24/h10,12-17,21H,2-3,5-6,8-9,11H2,1H3,(H,23,24)/b14-12+,18-10-. The molecule has 1 rings (SSSR count). The van der Waals surface area contributed by atoms with Gasteiger partial charge in [-0.25, -0.2) is 0 Å². The molecule has 24 heavy (non-hydrogen) atoms. The summed E-state index contributed by atoms with van der Waals surface area (Å²) < 4.78 is 0. The van der Waals surface area contributed by atoms with Gasteiger partial charge in [0, 0.05) is 24.3 Å². The zero-order chi connectivity index (χ0) is 17.8. The summed E-state index contributed by atoms with van der Waals surface area (Å²) in [6, 6.07) is 0. The number of carbonyl (C=O) groups excluding carboxylic acids is 1. The van der Waals surface area contributed by atoms with E-state index in [1.807, 2.05) is 6.08 Å². The molecule has 4 nitrogen and oxygen atoms in total. The van der Waals surface area contributed by atoms with Crippen LogP contribution in [0.3, 0.4) is 0 Å². The van der Waals surface area contributed by atoms with Gasteiger partial charge in [-0.1, -0.05) is 56.3 Å². The molecule has 0 aromatic rings. The minimum atomic E-state index is -0.826. The molecule has 0 heterocycles. The minimum Gasteiger partial charge on any atom is -0.481 e. The number of allylic oxidation sites excluding steroid dienone is 5. The Labute approximate surface area is 144 Å². The van der Waals surface area contributed by atoms with Crippen molar-refractivity contribution in [2.24, 2.45) is 5.92 Å². The van der Waals surface area contributed by atoms with Gasteiger partial charge in [-0.15, -0.1) is 0 Å². The van der Waals surface area contributed by atoms with Crippen LogP contribution in [0, 0.1) is 17.8 Å². The lowest BCUT2D eigenvalue weighted by Crippen LogP contribution is -2.04. The molecule has 0 spiro atoms. The van der Waals surface area contributed by atoms with Gasteiger partial charge in [0.05, 0.1) is 6.10 Å². The van der Waals surface area contributed by atoms with Crippen molar-refractivity contribution in [3.63, 3.8) is 0 Å².